The van der Waals surface area contributed by atoms with Crippen LogP contribution in [0.4, 0.5) is 4.39 Å². The van der Waals surface area contributed by atoms with Gasteiger partial charge in [0.25, 0.3) is 0 Å². The molecule has 0 atom stereocenters. The van der Waals surface area contributed by atoms with Crippen molar-refractivity contribution in [3.8, 4) is 5.75 Å². The van der Waals surface area contributed by atoms with E-state index in [2.05, 4.69) is 0 Å². The van der Waals surface area contributed by atoms with Crippen LogP contribution < -0.4 is 4.74 Å². The van der Waals surface area contributed by atoms with E-state index in [-0.39, 0.29) is 5.75 Å². The number of hydrogen-bond acceptors (Lipinski definition) is 1. The van der Waals surface area contributed by atoms with Gasteiger partial charge in [0.05, 0.1) is 0 Å². The van der Waals surface area contributed by atoms with E-state index >= 15 is 0 Å². The number of halogens is 4. The van der Waals surface area contributed by atoms with E-state index in [0.29, 0.717) is 5.56 Å². The highest BCUT2D eigenvalue weighted by molar-refractivity contribution is 6.66. The molecule has 0 amide bonds. The van der Waals surface area contributed by atoms with Crippen molar-refractivity contribution < 1.29 is 9.13 Å². The number of ether oxygens (including phenoxy) is 1. The second-order valence-corrected chi connectivity index (χ2v) is 4.64. The van der Waals surface area contributed by atoms with Gasteiger partial charge in [-0.1, -0.05) is 6.07 Å². The van der Waals surface area contributed by atoms with Gasteiger partial charge in [-0.05, 0) is 53.4 Å². The fourth-order valence-electron chi connectivity index (χ4n) is 0.771. The van der Waals surface area contributed by atoms with Crippen LogP contribution in [0.2, 0.25) is 0 Å². The molecule has 1 aromatic carbocycles. The first kappa shape index (κ1) is 10.9. The maximum Gasteiger partial charge on any atom is 0.338 e. The highest BCUT2D eigenvalue weighted by Gasteiger charge is 2.21. The minimum atomic E-state index is -1.86. The van der Waals surface area contributed by atoms with Gasteiger partial charge in [-0.3, -0.25) is 0 Å². The second-order valence-electron chi connectivity index (χ2n) is 2.46. The lowest BCUT2D eigenvalue weighted by atomic mass is 10.2. The number of benzene rings is 1. The van der Waals surface area contributed by atoms with Crippen LogP contribution in [0.1, 0.15) is 5.56 Å². The molecule has 1 aromatic rings. The summed E-state index contributed by atoms with van der Waals surface area (Å²) in [7, 11) is 0. The van der Waals surface area contributed by atoms with Crippen molar-refractivity contribution >= 4 is 34.8 Å². The summed E-state index contributed by atoms with van der Waals surface area (Å²) in [5, 5.41) is 0. The Morgan fingerprint density at radius 3 is 2.38 bits per heavy atom. The van der Waals surface area contributed by atoms with E-state index in [1.165, 1.54) is 6.07 Å². The molecule has 5 heteroatoms. The van der Waals surface area contributed by atoms with Gasteiger partial charge < -0.3 is 4.74 Å². The molecule has 0 fully saturated rings. The summed E-state index contributed by atoms with van der Waals surface area (Å²) in [6, 6.07) is 4.23. The van der Waals surface area contributed by atoms with Crippen molar-refractivity contribution in [2.24, 2.45) is 0 Å². The van der Waals surface area contributed by atoms with E-state index in [1.807, 2.05) is 0 Å². The summed E-state index contributed by atoms with van der Waals surface area (Å²) in [5.74, 6) is -0.213. The number of aryl methyl sites for hydroxylation is 1. The molecular weight excluding hydrogens is 237 g/mol. The summed E-state index contributed by atoms with van der Waals surface area (Å²) in [6.45, 7) is 1.63. The Morgan fingerprint density at radius 1 is 1.31 bits per heavy atom. The Labute approximate surface area is 90.4 Å². The molecule has 0 N–H and O–H groups in total. The van der Waals surface area contributed by atoms with Crippen LogP contribution in [0.15, 0.2) is 18.2 Å². The third-order valence-corrected chi connectivity index (χ3v) is 1.61. The molecule has 1 rings (SSSR count). The predicted octanol–water partition coefficient (Wildman–Crippen LogP) is 3.84. The number of alkyl halides is 3. The van der Waals surface area contributed by atoms with E-state index in [1.54, 1.807) is 13.0 Å². The largest absolute Gasteiger partial charge is 0.445 e. The monoisotopic (exact) mass is 242 g/mol. The zero-order chi connectivity index (χ0) is 10.1. The molecule has 0 aliphatic rings. The number of hydrogen-bond donors (Lipinski definition) is 0. The molecule has 0 aromatic heterocycles. The Kier molecular flexibility index (Phi) is 3.28. The van der Waals surface area contributed by atoms with Crippen LogP contribution >= 0.6 is 34.8 Å². The quantitative estimate of drug-likeness (QED) is 0.681. The van der Waals surface area contributed by atoms with Crippen LogP contribution in [-0.4, -0.2) is 3.98 Å². The summed E-state index contributed by atoms with van der Waals surface area (Å²) in [4.78, 5) is 0. The first-order valence-corrected chi connectivity index (χ1v) is 4.54. The summed E-state index contributed by atoms with van der Waals surface area (Å²) < 4.78 is 15.9. The van der Waals surface area contributed by atoms with Crippen molar-refractivity contribution in [3.05, 3.63) is 29.6 Å². The highest BCUT2D eigenvalue weighted by atomic mass is 35.6. The fourth-order valence-corrected chi connectivity index (χ4v) is 1.04. The molecule has 72 valence electrons. The van der Waals surface area contributed by atoms with Gasteiger partial charge in [0.2, 0.25) is 0 Å². The van der Waals surface area contributed by atoms with Gasteiger partial charge in [0.1, 0.15) is 11.6 Å². The van der Waals surface area contributed by atoms with E-state index in [4.69, 9.17) is 39.5 Å². The molecule has 0 saturated carbocycles. The molecule has 0 unspecified atom stereocenters. The molecule has 13 heavy (non-hydrogen) atoms. The van der Waals surface area contributed by atoms with Crippen molar-refractivity contribution in [2.75, 3.05) is 0 Å². The average molecular weight is 243 g/mol. The van der Waals surface area contributed by atoms with Crippen LogP contribution in [0.5, 0.6) is 5.75 Å². The molecule has 0 heterocycles. The summed E-state index contributed by atoms with van der Waals surface area (Å²) >= 11 is 16.0. The van der Waals surface area contributed by atoms with Crippen LogP contribution in [0.25, 0.3) is 0 Å². The predicted molar refractivity (Wildman–Crippen MR) is 52.1 cm³/mol. The molecule has 0 bridgehead atoms. The minimum absolute atomic E-state index is 0.183. The van der Waals surface area contributed by atoms with E-state index < -0.39 is 9.80 Å². The first-order valence-electron chi connectivity index (χ1n) is 3.40. The second kappa shape index (κ2) is 3.91. The molecule has 0 radical (unpaired) electrons. The van der Waals surface area contributed by atoms with Crippen LogP contribution in [-0.2, 0) is 0 Å². The Morgan fingerprint density at radius 2 is 1.92 bits per heavy atom. The van der Waals surface area contributed by atoms with Gasteiger partial charge in [-0.25, -0.2) is 4.39 Å². The lowest BCUT2D eigenvalue weighted by Gasteiger charge is -2.13. The highest BCUT2D eigenvalue weighted by Crippen LogP contribution is 2.30. The lowest BCUT2D eigenvalue weighted by Crippen LogP contribution is -2.12. The van der Waals surface area contributed by atoms with Gasteiger partial charge in [0, 0.05) is 6.07 Å². The first-order chi connectivity index (χ1) is 5.88. The molecule has 0 aliphatic carbocycles. The van der Waals surface area contributed by atoms with E-state index in [0.717, 1.165) is 6.07 Å². The normalized spacial score (nSPS) is 11.5. The maximum absolute atomic E-state index is 12.9. The summed E-state index contributed by atoms with van der Waals surface area (Å²) in [5.41, 5.74) is 0.511. The van der Waals surface area contributed by atoms with Gasteiger partial charge in [-0.2, -0.15) is 0 Å². The van der Waals surface area contributed by atoms with Gasteiger partial charge in [0.15, 0.2) is 0 Å². The Bertz CT molecular complexity index is 309. The standard InChI is InChI=1S/C8H6Cl3FO/c1-5-2-3-6(4-7(5)12)13-8(9,10)11/h2-4H,1H3. The fraction of sp³-hybridized carbons (Fsp3) is 0.250. The van der Waals surface area contributed by atoms with Crippen molar-refractivity contribution in [1.29, 1.82) is 0 Å². The Hall–Kier alpha value is -0.180. The third kappa shape index (κ3) is 3.59. The van der Waals surface area contributed by atoms with Gasteiger partial charge >= 0.3 is 3.98 Å². The van der Waals surface area contributed by atoms with Crippen molar-refractivity contribution in [1.82, 2.24) is 0 Å². The topological polar surface area (TPSA) is 9.23 Å². The van der Waals surface area contributed by atoms with Crippen LogP contribution in [0.3, 0.4) is 0 Å². The zero-order valence-corrected chi connectivity index (χ0v) is 8.92. The molecule has 0 aliphatic heterocycles. The average Bonchev–Trinajstić information content (AvgIpc) is 1.94. The molecular formula is C8H6Cl3FO. The SMILES string of the molecule is Cc1ccc(OC(Cl)(Cl)Cl)cc1F. The molecule has 0 spiro atoms. The van der Waals surface area contributed by atoms with Crippen molar-refractivity contribution in [2.45, 2.75) is 10.9 Å². The van der Waals surface area contributed by atoms with Crippen LogP contribution in [0, 0.1) is 12.7 Å². The smallest absolute Gasteiger partial charge is 0.338 e. The Balaban J connectivity index is 2.86. The zero-order valence-electron chi connectivity index (χ0n) is 6.65. The molecule has 0 saturated heterocycles. The van der Waals surface area contributed by atoms with E-state index in [9.17, 15) is 4.39 Å². The maximum atomic E-state index is 12.9. The third-order valence-electron chi connectivity index (χ3n) is 1.38. The number of rotatable bonds is 1. The summed E-state index contributed by atoms with van der Waals surface area (Å²) in [6.07, 6.45) is 0. The minimum Gasteiger partial charge on any atom is -0.445 e. The van der Waals surface area contributed by atoms with Gasteiger partial charge in [-0.15, -0.1) is 0 Å². The molecule has 1 nitrogen and oxygen atoms in total. The van der Waals surface area contributed by atoms with Crippen molar-refractivity contribution in [3.63, 3.8) is 0 Å². The lowest BCUT2D eigenvalue weighted by molar-refractivity contribution is 0.318.